The molecule has 0 aromatic heterocycles. The first kappa shape index (κ1) is 13.6. The first-order valence-corrected chi connectivity index (χ1v) is 6.51. The van der Waals surface area contributed by atoms with Crippen LogP contribution >= 0.6 is 0 Å². The van der Waals surface area contributed by atoms with E-state index in [-0.39, 0.29) is 0 Å². The van der Waals surface area contributed by atoms with Gasteiger partial charge in [-0.3, -0.25) is 0 Å². The molecule has 0 saturated carbocycles. The Kier molecular flexibility index (Phi) is 3.91. The Labute approximate surface area is 115 Å². The monoisotopic (exact) mass is 255 g/mol. The molecule has 0 saturated heterocycles. The molecule has 0 heterocycles. The molecule has 0 aliphatic heterocycles. The summed E-state index contributed by atoms with van der Waals surface area (Å²) in [4.78, 5) is 0. The molecular formula is C17H21NO. The first-order valence-electron chi connectivity index (χ1n) is 6.51. The van der Waals surface area contributed by atoms with Gasteiger partial charge in [0.25, 0.3) is 0 Å². The highest BCUT2D eigenvalue weighted by molar-refractivity contribution is 5.39. The van der Waals surface area contributed by atoms with Gasteiger partial charge in [-0.2, -0.15) is 0 Å². The molecule has 1 atom stereocenters. The molecule has 0 amide bonds. The van der Waals surface area contributed by atoms with Crippen LogP contribution in [0.2, 0.25) is 0 Å². The van der Waals surface area contributed by atoms with Gasteiger partial charge < -0.3 is 10.5 Å². The van der Waals surface area contributed by atoms with Crippen molar-refractivity contribution in [3.63, 3.8) is 0 Å². The summed E-state index contributed by atoms with van der Waals surface area (Å²) < 4.78 is 5.43. The standard InChI is InChI=1S/C17H21NO/c1-13-9-10-16(19-3)14(11-13)12-17(2,18)15-7-5-4-6-8-15/h4-11H,12,18H2,1-3H3. The molecule has 2 rings (SSSR count). The third-order valence-corrected chi connectivity index (χ3v) is 3.43. The zero-order valence-electron chi connectivity index (χ0n) is 11.8. The van der Waals surface area contributed by atoms with Gasteiger partial charge in [-0.1, -0.05) is 48.0 Å². The van der Waals surface area contributed by atoms with Crippen LogP contribution in [0.3, 0.4) is 0 Å². The van der Waals surface area contributed by atoms with Gasteiger partial charge in [-0.25, -0.2) is 0 Å². The number of nitrogens with two attached hydrogens (primary N) is 1. The number of hydrogen-bond donors (Lipinski definition) is 1. The molecule has 0 bridgehead atoms. The fourth-order valence-electron chi connectivity index (χ4n) is 2.36. The minimum absolute atomic E-state index is 0.400. The van der Waals surface area contributed by atoms with Crippen molar-refractivity contribution in [1.29, 1.82) is 0 Å². The van der Waals surface area contributed by atoms with Gasteiger partial charge in [0, 0.05) is 5.54 Å². The van der Waals surface area contributed by atoms with Crippen LogP contribution in [0.4, 0.5) is 0 Å². The zero-order chi connectivity index (χ0) is 13.9. The van der Waals surface area contributed by atoms with Crippen LogP contribution in [-0.2, 0) is 12.0 Å². The third kappa shape index (κ3) is 3.15. The maximum absolute atomic E-state index is 6.49. The highest BCUT2D eigenvalue weighted by Gasteiger charge is 2.23. The molecule has 0 radical (unpaired) electrons. The summed E-state index contributed by atoms with van der Waals surface area (Å²) in [6, 6.07) is 16.4. The van der Waals surface area contributed by atoms with Crippen molar-refractivity contribution in [2.45, 2.75) is 25.8 Å². The van der Waals surface area contributed by atoms with Crippen molar-refractivity contribution in [2.75, 3.05) is 7.11 Å². The van der Waals surface area contributed by atoms with Crippen LogP contribution in [0.25, 0.3) is 0 Å². The minimum atomic E-state index is -0.400. The van der Waals surface area contributed by atoms with Gasteiger partial charge in [0.15, 0.2) is 0 Å². The molecule has 1 unspecified atom stereocenters. The quantitative estimate of drug-likeness (QED) is 0.908. The Balaban J connectivity index is 2.32. The lowest BCUT2D eigenvalue weighted by Crippen LogP contribution is -2.35. The highest BCUT2D eigenvalue weighted by atomic mass is 16.5. The van der Waals surface area contributed by atoms with Crippen LogP contribution in [0.1, 0.15) is 23.6 Å². The maximum Gasteiger partial charge on any atom is 0.122 e. The summed E-state index contributed by atoms with van der Waals surface area (Å²) in [6.45, 7) is 4.14. The molecule has 2 nitrogen and oxygen atoms in total. The lowest BCUT2D eigenvalue weighted by Gasteiger charge is -2.26. The second-order valence-electron chi connectivity index (χ2n) is 5.28. The Morgan fingerprint density at radius 1 is 1.11 bits per heavy atom. The van der Waals surface area contributed by atoms with Crippen molar-refractivity contribution in [3.8, 4) is 5.75 Å². The van der Waals surface area contributed by atoms with Gasteiger partial charge in [0.2, 0.25) is 0 Å². The molecule has 2 aromatic rings. The fourth-order valence-corrected chi connectivity index (χ4v) is 2.36. The van der Waals surface area contributed by atoms with Gasteiger partial charge in [0.1, 0.15) is 5.75 Å². The topological polar surface area (TPSA) is 35.2 Å². The Morgan fingerprint density at radius 2 is 1.79 bits per heavy atom. The second kappa shape index (κ2) is 5.45. The van der Waals surface area contributed by atoms with E-state index < -0.39 is 5.54 Å². The summed E-state index contributed by atoms with van der Waals surface area (Å²) >= 11 is 0. The lowest BCUT2D eigenvalue weighted by atomic mass is 9.86. The number of methoxy groups -OCH3 is 1. The largest absolute Gasteiger partial charge is 0.496 e. The number of benzene rings is 2. The molecule has 0 fully saturated rings. The van der Waals surface area contributed by atoms with E-state index in [1.807, 2.05) is 24.3 Å². The fraction of sp³-hybridized carbons (Fsp3) is 0.294. The van der Waals surface area contributed by atoms with E-state index in [4.69, 9.17) is 10.5 Å². The molecular weight excluding hydrogens is 234 g/mol. The molecule has 2 N–H and O–H groups in total. The molecule has 100 valence electrons. The predicted octanol–water partition coefficient (Wildman–Crippen LogP) is 3.42. The number of aryl methyl sites for hydroxylation is 1. The second-order valence-corrected chi connectivity index (χ2v) is 5.28. The third-order valence-electron chi connectivity index (χ3n) is 3.43. The van der Waals surface area contributed by atoms with Crippen molar-refractivity contribution in [2.24, 2.45) is 5.73 Å². The summed E-state index contributed by atoms with van der Waals surface area (Å²) in [7, 11) is 1.70. The van der Waals surface area contributed by atoms with Crippen molar-refractivity contribution < 1.29 is 4.74 Å². The smallest absolute Gasteiger partial charge is 0.122 e. The highest BCUT2D eigenvalue weighted by Crippen LogP contribution is 2.28. The van der Waals surface area contributed by atoms with Crippen LogP contribution in [0, 0.1) is 6.92 Å². The lowest BCUT2D eigenvalue weighted by molar-refractivity contribution is 0.399. The number of ether oxygens (including phenoxy) is 1. The van der Waals surface area contributed by atoms with Gasteiger partial charge >= 0.3 is 0 Å². The summed E-state index contributed by atoms with van der Waals surface area (Å²) in [5.41, 5.74) is 9.60. The number of rotatable bonds is 4. The van der Waals surface area contributed by atoms with E-state index >= 15 is 0 Å². The Bertz CT molecular complexity index is 546. The average Bonchev–Trinajstić information content (AvgIpc) is 2.39. The van der Waals surface area contributed by atoms with E-state index in [0.717, 1.165) is 23.3 Å². The molecule has 19 heavy (non-hydrogen) atoms. The van der Waals surface area contributed by atoms with Crippen LogP contribution < -0.4 is 10.5 Å². The molecule has 0 spiro atoms. The van der Waals surface area contributed by atoms with E-state index in [1.165, 1.54) is 5.56 Å². The maximum atomic E-state index is 6.49. The molecule has 2 heteroatoms. The van der Waals surface area contributed by atoms with Crippen LogP contribution in [0.5, 0.6) is 5.75 Å². The van der Waals surface area contributed by atoms with E-state index in [2.05, 4.69) is 38.1 Å². The first-order chi connectivity index (χ1) is 9.03. The minimum Gasteiger partial charge on any atom is -0.496 e. The average molecular weight is 255 g/mol. The summed E-state index contributed by atoms with van der Waals surface area (Å²) in [5, 5.41) is 0. The van der Waals surface area contributed by atoms with E-state index in [0.29, 0.717) is 0 Å². The van der Waals surface area contributed by atoms with Crippen LogP contribution in [-0.4, -0.2) is 7.11 Å². The van der Waals surface area contributed by atoms with Gasteiger partial charge in [0.05, 0.1) is 7.11 Å². The van der Waals surface area contributed by atoms with Crippen LogP contribution in [0.15, 0.2) is 48.5 Å². The Morgan fingerprint density at radius 3 is 2.42 bits per heavy atom. The Hall–Kier alpha value is -1.80. The molecule has 0 aliphatic carbocycles. The van der Waals surface area contributed by atoms with Gasteiger partial charge in [-0.05, 0) is 37.5 Å². The number of hydrogen-bond acceptors (Lipinski definition) is 2. The van der Waals surface area contributed by atoms with E-state index in [9.17, 15) is 0 Å². The summed E-state index contributed by atoms with van der Waals surface area (Å²) in [5.74, 6) is 0.901. The SMILES string of the molecule is COc1ccc(C)cc1CC(C)(N)c1ccccc1. The molecule has 2 aromatic carbocycles. The van der Waals surface area contributed by atoms with E-state index in [1.54, 1.807) is 7.11 Å². The molecule has 0 aliphatic rings. The van der Waals surface area contributed by atoms with Crippen molar-refractivity contribution >= 4 is 0 Å². The summed E-state index contributed by atoms with van der Waals surface area (Å²) in [6.07, 6.45) is 0.752. The predicted molar refractivity (Wildman–Crippen MR) is 79.4 cm³/mol. The van der Waals surface area contributed by atoms with Gasteiger partial charge in [-0.15, -0.1) is 0 Å². The van der Waals surface area contributed by atoms with Crippen molar-refractivity contribution in [3.05, 3.63) is 65.2 Å². The zero-order valence-corrected chi connectivity index (χ0v) is 11.8. The van der Waals surface area contributed by atoms with Crippen molar-refractivity contribution in [1.82, 2.24) is 0 Å². The normalized spacial score (nSPS) is 13.9.